The van der Waals surface area contributed by atoms with Crippen LogP contribution in [0.1, 0.15) is 51.2 Å². The van der Waals surface area contributed by atoms with Crippen LogP contribution in [-0.2, 0) is 10.2 Å². The molecule has 0 saturated heterocycles. The molecule has 176 valence electrons. The Labute approximate surface area is 201 Å². The fourth-order valence-electron chi connectivity index (χ4n) is 3.42. The standard InChI is InChI=1S/C29H31NO4/c1-5-29(2,3)22-9-13-24(14-10-22)33-25-15-11-23(12-16-25)30-19-20-6-17-26(27(18-20)32-4)34-28(31)21-7-8-21/h6,9-19,21H,5,7-8H2,1-4H3. The van der Waals surface area contributed by atoms with Crippen LogP contribution in [0, 0.1) is 5.92 Å². The minimum atomic E-state index is -0.192. The Morgan fingerprint density at radius 2 is 1.62 bits per heavy atom. The van der Waals surface area contributed by atoms with E-state index in [1.807, 2.05) is 42.5 Å². The highest BCUT2D eigenvalue weighted by Crippen LogP contribution is 2.34. The maximum atomic E-state index is 11.9. The SMILES string of the molecule is CCC(C)(C)c1ccc(Oc2ccc(N=Cc3ccc(OC(=O)C4CC4)c(OC)c3)cc2)cc1. The van der Waals surface area contributed by atoms with Crippen molar-refractivity contribution in [2.24, 2.45) is 10.9 Å². The van der Waals surface area contributed by atoms with Gasteiger partial charge in [0.1, 0.15) is 11.5 Å². The van der Waals surface area contributed by atoms with E-state index in [1.54, 1.807) is 25.5 Å². The molecule has 0 N–H and O–H groups in total. The third-order valence-electron chi connectivity index (χ3n) is 6.26. The Morgan fingerprint density at radius 1 is 0.971 bits per heavy atom. The van der Waals surface area contributed by atoms with Crippen molar-refractivity contribution in [2.75, 3.05) is 7.11 Å². The molecule has 0 unspecified atom stereocenters. The largest absolute Gasteiger partial charge is 0.493 e. The van der Waals surface area contributed by atoms with Gasteiger partial charge in [-0.15, -0.1) is 0 Å². The van der Waals surface area contributed by atoms with Crippen molar-refractivity contribution < 1.29 is 19.0 Å². The fraction of sp³-hybridized carbons (Fsp3) is 0.310. The van der Waals surface area contributed by atoms with E-state index < -0.39 is 0 Å². The van der Waals surface area contributed by atoms with Crippen LogP contribution in [0.5, 0.6) is 23.0 Å². The Balaban J connectivity index is 1.38. The number of nitrogens with zero attached hydrogens (tertiary/aromatic N) is 1. The van der Waals surface area contributed by atoms with Crippen LogP contribution in [-0.4, -0.2) is 19.3 Å². The van der Waals surface area contributed by atoms with Gasteiger partial charge in [0.25, 0.3) is 0 Å². The molecule has 5 nitrogen and oxygen atoms in total. The van der Waals surface area contributed by atoms with Crippen LogP contribution in [0.15, 0.2) is 71.7 Å². The first-order chi connectivity index (χ1) is 16.4. The van der Waals surface area contributed by atoms with Crippen LogP contribution >= 0.6 is 0 Å². The van der Waals surface area contributed by atoms with E-state index in [1.165, 1.54) is 5.56 Å². The topological polar surface area (TPSA) is 57.1 Å². The maximum Gasteiger partial charge on any atom is 0.314 e. The van der Waals surface area contributed by atoms with Gasteiger partial charge in [-0.2, -0.15) is 0 Å². The van der Waals surface area contributed by atoms with Gasteiger partial charge in [-0.1, -0.05) is 32.9 Å². The predicted molar refractivity (Wildman–Crippen MR) is 135 cm³/mol. The Morgan fingerprint density at radius 3 is 2.21 bits per heavy atom. The van der Waals surface area contributed by atoms with Gasteiger partial charge in [0.15, 0.2) is 11.5 Å². The molecule has 4 rings (SSSR count). The molecule has 1 aliphatic rings. The first kappa shape index (κ1) is 23.6. The third-order valence-corrected chi connectivity index (χ3v) is 6.26. The van der Waals surface area contributed by atoms with Crippen LogP contribution in [0.2, 0.25) is 0 Å². The normalized spacial score (nSPS) is 13.6. The number of aliphatic imine (C=N–C) groups is 1. The molecule has 3 aromatic rings. The summed E-state index contributed by atoms with van der Waals surface area (Å²) in [6.07, 6.45) is 4.64. The highest BCUT2D eigenvalue weighted by molar-refractivity contribution is 5.84. The van der Waals surface area contributed by atoms with E-state index >= 15 is 0 Å². The molecular weight excluding hydrogens is 426 g/mol. The highest BCUT2D eigenvalue weighted by Gasteiger charge is 2.32. The van der Waals surface area contributed by atoms with Crippen LogP contribution in [0.4, 0.5) is 5.69 Å². The van der Waals surface area contributed by atoms with Crippen molar-refractivity contribution in [3.05, 3.63) is 77.9 Å². The molecule has 1 saturated carbocycles. The van der Waals surface area contributed by atoms with Gasteiger partial charge in [0.05, 0.1) is 18.7 Å². The average molecular weight is 458 g/mol. The van der Waals surface area contributed by atoms with Crippen molar-refractivity contribution in [2.45, 2.75) is 45.4 Å². The monoisotopic (exact) mass is 457 g/mol. The lowest BCUT2D eigenvalue weighted by molar-refractivity contribution is -0.135. The number of carbonyl (C=O) groups is 1. The lowest BCUT2D eigenvalue weighted by Crippen LogP contribution is -2.14. The molecule has 1 fully saturated rings. The number of rotatable bonds is 9. The molecule has 0 radical (unpaired) electrons. The van der Waals surface area contributed by atoms with E-state index in [0.717, 1.165) is 42.0 Å². The van der Waals surface area contributed by atoms with E-state index in [2.05, 4.69) is 37.9 Å². The zero-order valence-corrected chi connectivity index (χ0v) is 20.2. The van der Waals surface area contributed by atoms with E-state index in [0.29, 0.717) is 11.5 Å². The molecule has 34 heavy (non-hydrogen) atoms. The molecule has 0 aromatic heterocycles. The minimum Gasteiger partial charge on any atom is -0.493 e. The second-order valence-corrected chi connectivity index (χ2v) is 9.22. The summed E-state index contributed by atoms with van der Waals surface area (Å²) < 4.78 is 16.8. The summed E-state index contributed by atoms with van der Waals surface area (Å²) in [5.41, 5.74) is 3.11. The molecule has 0 atom stereocenters. The third kappa shape index (κ3) is 5.84. The first-order valence-electron chi connectivity index (χ1n) is 11.7. The number of hydrogen-bond donors (Lipinski definition) is 0. The Kier molecular flexibility index (Phi) is 7.01. The van der Waals surface area contributed by atoms with Gasteiger partial charge in [0.2, 0.25) is 0 Å². The van der Waals surface area contributed by atoms with Gasteiger partial charge >= 0.3 is 5.97 Å². The van der Waals surface area contributed by atoms with Crippen molar-refractivity contribution in [1.29, 1.82) is 0 Å². The molecule has 5 heteroatoms. The summed E-state index contributed by atoms with van der Waals surface area (Å²) in [6, 6.07) is 21.3. The van der Waals surface area contributed by atoms with Crippen molar-refractivity contribution in [3.8, 4) is 23.0 Å². The zero-order valence-electron chi connectivity index (χ0n) is 20.2. The quantitative estimate of drug-likeness (QED) is 0.193. The molecule has 0 bridgehead atoms. The Hall–Kier alpha value is -3.60. The molecule has 3 aromatic carbocycles. The number of esters is 1. The summed E-state index contributed by atoms with van der Waals surface area (Å²) in [7, 11) is 1.56. The van der Waals surface area contributed by atoms with Crippen LogP contribution in [0.3, 0.4) is 0 Å². The maximum absolute atomic E-state index is 11.9. The summed E-state index contributed by atoms with van der Waals surface area (Å²) in [4.78, 5) is 16.5. The lowest BCUT2D eigenvalue weighted by atomic mass is 9.82. The minimum absolute atomic E-state index is 0.0328. The van der Waals surface area contributed by atoms with Crippen molar-refractivity contribution in [3.63, 3.8) is 0 Å². The van der Waals surface area contributed by atoms with E-state index in [4.69, 9.17) is 14.2 Å². The van der Waals surface area contributed by atoms with Crippen LogP contribution < -0.4 is 14.2 Å². The smallest absolute Gasteiger partial charge is 0.314 e. The lowest BCUT2D eigenvalue weighted by Gasteiger charge is -2.23. The highest BCUT2D eigenvalue weighted by atomic mass is 16.6. The molecule has 1 aliphatic carbocycles. The predicted octanol–water partition coefficient (Wildman–Crippen LogP) is 7.24. The zero-order chi connectivity index (χ0) is 24.1. The van der Waals surface area contributed by atoms with Crippen molar-refractivity contribution in [1.82, 2.24) is 0 Å². The second-order valence-electron chi connectivity index (χ2n) is 9.22. The fourth-order valence-corrected chi connectivity index (χ4v) is 3.42. The second kappa shape index (κ2) is 10.1. The van der Waals surface area contributed by atoms with Gasteiger partial charge in [-0.3, -0.25) is 9.79 Å². The van der Waals surface area contributed by atoms with Gasteiger partial charge in [-0.25, -0.2) is 0 Å². The summed E-state index contributed by atoms with van der Waals surface area (Å²) in [5, 5.41) is 0. The van der Waals surface area contributed by atoms with E-state index in [9.17, 15) is 4.79 Å². The number of methoxy groups -OCH3 is 1. The molecule has 0 heterocycles. The first-order valence-corrected chi connectivity index (χ1v) is 11.7. The van der Waals surface area contributed by atoms with Gasteiger partial charge < -0.3 is 14.2 Å². The summed E-state index contributed by atoms with van der Waals surface area (Å²) >= 11 is 0. The molecule has 0 spiro atoms. The van der Waals surface area contributed by atoms with Gasteiger partial charge in [0, 0.05) is 6.21 Å². The number of hydrogen-bond acceptors (Lipinski definition) is 5. The van der Waals surface area contributed by atoms with Crippen molar-refractivity contribution >= 4 is 17.9 Å². The molecule has 0 amide bonds. The molecular formula is C29H31NO4. The number of benzene rings is 3. The van der Waals surface area contributed by atoms with Gasteiger partial charge in [-0.05, 0) is 90.4 Å². The summed E-state index contributed by atoms with van der Waals surface area (Å²) in [6.45, 7) is 6.69. The number of carbonyl (C=O) groups excluding carboxylic acids is 1. The van der Waals surface area contributed by atoms with Crippen LogP contribution in [0.25, 0.3) is 0 Å². The van der Waals surface area contributed by atoms with E-state index in [-0.39, 0.29) is 17.3 Å². The Bertz CT molecular complexity index is 1160. The average Bonchev–Trinajstić information content (AvgIpc) is 3.70. The number of ether oxygens (including phenoxy) is 3. The summed E-state index contributed by atoms with van der Waals surface area (Å²) in [5.74, 6) is 2.35. The molecule has 0 aliphatic heterocycles.